The molecule has 1 N–H and O–H groups in total. The van der Waals surface area contributed by atoms with Gasteiger partial charge in [0, 0.05) is 17.6 Å². The average Bonchev–Trinajstić information content (AvgIpc) is 2.96. The van der Waals surface area contributed by atoms with Crippen LogP contribution in [-0.2, 0) is 13.2 Å². The molecule has 98 valence electrons. The minimum atomic E-state index is -0.106. The molecule has 0 fully saturated rings. The van der Waals surface area contributed by atoms with Gasteiger partial charge in [-0.05, 0) is 19.9 Å². The molecule has 0 aliphatic rings. The first-order valence-electron chi connectivity index (χ1n) is 5.98. The van der Waals surface area contributed by atoms with E-state index in [1.165, 1.54) is 0 Å². The highest BCUT2D eigenvalue weighted by Crippen LogP contribution is 2.09. The summed E-state index contributed by atoms with van der Waals surface area (Å²) in [5.41, 5.74) is 3.45. The Bertz CT molecular complexity index is 729. The molecule has 7 heteroatoms. The molecule has 3 aromatic rings. The molecule has 0 unspecified atom stereocenters. The van der Waals surface area contributed by atoms with Gasteiger partial charge in [0.15, 0.2) is 0 Å². The minimum Gasteiger partial charge on any atom is -0.390 e. The summed E-state index contributed by atoms with van der Waals surface area (Å²) in [5, 5.41) is 16.7. The lowest BCUT2D eigenvalue weighted by atomic mass is 10.3. The van der Waals surface area contributed by atoms with E-state index in [4.69, 9.17) is 5.11 Å². The van der Waals surface area contributed by atoms with E-state index in [0.29, 0.717) is 18.0 Å². The standard InChI is InChI=1S/C12H14N6O/c1-8-3-9(2)18-6-10(14-12(18)13-8)4-17-5-11(7-19)15-16-17/h3,5-6,19H,4,7H2,1-2H3. The fourth-order valence-electron chi connectivity index (χ4n) is 2.05. The van der Waals surface area contributed by atoms with Crippen LogP contribution in [0.5, 0.6) is 0 Å². The summed E-state index contributed by atoms with van der Waals surface area (Å²) in [5.74, 6) is 0.690. The molecular formula is C12H14N6O. The van der Waals surface area contributed by atoms with Gasteiger partial charge in [-0.15, -0.1) is 5.10 Å². The Balaban J connectivity index is 1.95. The molecule has 0 aliphatic heterocycles. The Kier molecular flexibility index (Phi) is 2.75. The van der Waals surface area contributed by atoms with Crippen molar-refractivity contribution >= 4 is 5.78 Å². The van der Waals surface area contributed by atoms with E-state index in [1.807, 2.05) is 30.5 Å². The summed E-state index contributed by atoms with van der Waals surface area (Å²) in [6.45, 7) is 4.37. The van der Waals surface area contributed by atoms with Crippen molar-refractivity contribution in [2.24, 2.45) is 0 Å². The molecule has 19 heavy (non-hydrogen) atoms. The van der Waals surface area contributed by atoms with Crippen molar-refractivity contribution in [1.29, 1.82) is 0 Å². The van der Waals surface area contributed by atoms with Crippen LogP contribution in [-0.4, -0.2) is 34.5 Å². The fraction of sp³-hybridized carbons (Fsp3) is 0.333. The van der Waals surface area contributed by atoms with Gasteiger partial charge in [-0.1, -0.05) is 5.21 Å². The second-order valence-corrected chi connectivity index (χ2v) is 4.51. The molecule has 0 saturated carbocycles. The predicted octanol–water partition coefficient (Wildman–Crippen LogP) is 0.478. The maximum absolute atomic E-state index is 8.95. The SMILES string of the molecule is Cc1cc(C)n2cc(Cn3cc(CO)nn3)nc2n1. The van der Waals surface area contributed by atoms with E-state index < -0.39 is 0 Å². The molecule has 0 atom stereocenters. The monoisotopic (exact) mass is 258 g/mol. The fourth-order valence-corrected chi connectivity index (χ4v) is 2.05. The topological polar surface area (TPSA) is 81.1 Å². The molecule has 0 bridgehead atoms. The Morgan fingerprint density at radius 3 is 2.74 bits per heavy atom. The van der Waals surface area contributed by atoms with E-state index in [1.54, 1.807) is 10.9 Å². The van der Waals surface area contributed by atoms with Gasteiger partial charge in [0.25, 0.3) is 0 Å². The zero-order valence-electron chi connectivity index (χ0n) is 10.8. The Labute approximate surface area is 109 Å². The summed E-state index contributed by atoms with van der Waals surface area (Å²) >= 11 is 0. The van der Waals surface area contributed by atoms with Crippen LogP contribution >= 0.6 is 0 Å². The molecule has 3 heterocycles. The zero-order chi connectivity index (χ0) is 13.4. The maximum Gasteiger partial charge on any atom is 0.234 e. The van der Waals surface area contributed by atoms with Crippen LogP contribution in [0.1, 0.15) is 22.8 Å². The van der Waals surface area contributed by atoms with Crippen molar-refractivity contribution < 1.29 is 5.11 Å². The quantitative estimate of drug-likeness (QED) is 0.739. The first-order chi connectivity index (χ1) is 9.15. The van der Waals surface area contributed by atoms with E-state index in [0.717, 1.165) is 17.1 Å². The molecule has 0 spiro atoms. The van der Waals surface area contributed by atoms with E-state index in [2.05, 4.69) is 20.3 Å². The van der Waals surface area contributed by atoms with Crippen LogP contribution in [0.15, 0.2) is 18.5 Å². The summed E-state index contributed by atoms with van der Waals surface area (Å²) in [7, 11) is 0. The van der Waals surface area contributed by atoms with Gasteiger partial charge < -0.3 is 5.11 Å². The normalized spacial score (nSPS) is 11.3. The van der Waals surface area contributed by atoms with Crippen LogP contribution < -0.4 is 0 Å². The van der Waals surface area contributed by atoms with Crippen LogP contribution in [0.25, 0.3) is 5.78 Å². The van der Waals surface area contributed by atoms with Crippen molar-refractivity contribution in [2.75, 3.05) is 0 Å². The molecule has 0 aliphatic carbocycles. The molecular weight excluding hydrogens is 244 g/mol. The van der Waals surface area contributed by atoms with Gasteiger partial charge >= 0.3 is 0 Å². The third-order valence-electron chi connectivity index (χ3n) is 2.88. The average molecular weight is 258 g/mol. The van der Waals surface area contributed by atoms with Crippen LogP contribution in [0, 0.1) is 13.8 Å². The summed E-state index contributed by atoms with van der Waals surface area (Å²) in [6, 6.07) is 2.01. The predicted molar refractivity (Wildman–Crippen MR) is 67.5 cm³/mol. The lowest BCUT2D eigenvalue weighted by Gasteiger charge is -1.98. The van der Waals surface area contributed by atoms with Gasteiger partial charge in [0.2, 0.25) is 5.78 Å². The molecule has 0 saturated heterocycles. The molecule has 7 nitrogen and oxygen atoms in total. The lowest BCUT2D eigenvalue weighted by Crippen LogP contribution is -2.00. The molecule has 3 aromatic heterocycles. The molecule has 3 rings (SSSR count). The molecule has 0 aromatic carbocycles. The number of aliphatic hydroxyl groups is 1. The number of hydrogen-bond donors (Lipinski definition) is 1. The summed E-state index contributed by atoms with van der Waals surface area (Å²) < 4.78 is 3.60. The second kappa shape index (κ2) is 4.43. The Morgan fingerprint density at radius 1 is 1.16 bits per heavy atom. The van der Waals surface area contributed by atoms with Crippen molar-refractivity contribution in [3.63, 3.8) is 0 Å². The largest absolute Gasteiger partial charge is 0.390 e. The first kappa shape index (κ1) is 11.8. The van der Waals surface area contributed by atoms with Gasteiger partial charge in [0.1, 0.15) is 5.69 Å². The number of aryl methyl sites for hydroxylation is 2. The van der Waals surface area contributed by atoms with E-state index in [-0.39, 0.29) is 6.61 Å². The van der Waals surface area contributed by atoms with Crippen LogP contribution in [0.3, 0.4) is 0 Å². The van der Waals surface area contributed by atoms with Crippen LogP contribution in [0.2, 0.25) is 0 Å². The third kappa shape index (κ3) is 2.19. The van der Waals surface area contributed by atoms with Gasteiger partial charge in [-0.3, -0.25) is 4.40 Å². The Morgan fingerprint density at radius 2 is 2.00 bits per heavy atom. The highest BCUT2D eigenvalue weighted by molar-refractivity contribution is 5.34. The number of imidazole rings is 1. The van der Waals surface area contributed by atoms with Crippen molar-refractivity contribution in [3.8, 4) is 0 Å². The number of hydrogen-bond acceptors (Lipinski definition) is 5. The minimum absolute atomic E-state index is 0.106. The number of aromatic nitrogens is 6. The summed E-state index contributed by atoms with van der Waals surface area (Å²) in [6.07, 6.45) is 3.65. The molecule has 0 radical (unpaired) electrons. The van der Waals surface area contributed by atoms with Crippen LogP contribution in [0.4, 0.5) is 0 Å². The van der Waals surface area contributed by atoms with Gasteiger partial charge in [-0.25, -0.2) is 14.6 Å². The van der Waals surface area contributed by atoms with Gasteiger partial charge in [-0.2, -0.15) is 0 Å². The second-order valence-electron chi connectivity index (χ2n) is 4.51. The summed E-state index contributed by atoms with van der Waals surface area (Å²) in [4.78, 5) is 8.85. The number of aliphatic hydroxyl groups excluding tert-OH is 1. The van der Waals surface area contributed by atoms with Gasteiger partial charge in [0.05, 0.1) is 25.0 Å². The van der Waals surface area contributed by atoms with E-state index in [9.17, 15) is 0 Å². The number of nitrogens with zero attached hydrogens (tertiary/aromatic N) is 6. The highest BCUT2D eigenvalue weighted by atomic mass is 16.3. The van der Waals surface area contributed by atoms with Crippen molar-refractivity contribution in [2.45, 2.75) is 27.0 Å². The highest BCUT2D eigenvalue weighted by Gasteiger charge is 2.07. The van der Waals surface area contributed by atoms with Crippen molar-refractivity contribution in [1.82, 2.24) is 29.4 Å². The first-order valence-corrected chi connectivity index (χ1v) is 5.98. The number of fused-ring (bicyclic) bond motifs is 1. The van der Waals surface area contributed by atoms with Crippen molar-refractivity contribution in [3.05, 3.63) is 41.2 Å². The van der Waals surface area contributed by atoms with E-state index >= 15 is 0 Å². The third-order valence-corrected chi connectivity index (χ3v) is 2.88. The molecule has 0 amide bonds. The lowest BCUT2D eigenvalue weighted by molar-refractivity contribution is 0.276. The maximum atomic E-state index is 8.95. The smallest absolute Gasteiger partial charge is 0.234 e. The zero-order valence-corrected chi connectivity index (χ0v) is 10.8. The Hall–Kier alpha value is -2.28. The number of rotatable bonds is 3.